The van der Waals surface area contributed by atoms with Crippen molar-refractivity contribution in [3.05, 3.63) is 173 Å². The highest BCUT2D eigenvalue weighted by Gasteiger charge is 2.24. The fourth-order valence-electron chi connectivity index (χ4n) is 4.87. The summed E-state index contributed by atoms with van der Waals surface area (Å²) in [5.41, 5.74) is 7.49. The Morgan fingerprint density at radius 3 is 1.18 bits per heavy atom. The van der Waals surface area contributed by atoms with Crippen LogP contribution in [0.2, 0.25) is 0 Å². The van der Waals surface area contributed by atoms with E-state index in [2.05, 4.69) is 140 Å². The molecule has 0 unspecified atom stereocenters. The third kappa shape index (κ3) is 4.51. The van der Waals surface area contributed by atoms with Gasteiger partial charge >= 0.3 is 0 Å². The van der Waals surface area contributed by atoms with Crippen molar-refractivity contribution in [1.29, 1.82) is 0 Å². The molecule has 0 spiro atoms. The summed E-state index contributed by atoms with van der Waals surface area (Å²) >= 11 is 0. The monoisotopic (exact) mass is 440 g/mol. The van der Waals surface area contributed by atoms with Gasteiger partial charge in [0.15, 0.2) is 0 Å². The maximum atomic E-state index is 5.92. The maximum Gasteiger partial charge on any atom is 0.123 e. The van der Waals surface area contributed by atoms with E-state index >= 15 is 0 Å². The molecule has 1 heteroatoms. The Labute approximate surface area is 202 Å². The standard InChI is InChI=1S/C33H28O/c1-34-31-23-22-29(32(25-14-6-2-7-15-25)26-16-8-3-9-17-26)24-30(31)33(27-18-10-4-11-19-27)28-20-12-5-13-21-28/h2-24,32-33H,1H3. The van der Waals surface area contributed by atoms with Crippen molar-refractivity contribution >= 4 is 0 Å². The van der Waals surface area contributed by atoms with Crippen molar-refractivity contribution in [2.75, 3.05) is 7.11 Å². The van der Waals surface area contributed by atoms with Crippen molar-refractivity contribution in [3.63, 3.8) is 0 Å². The van der Waals surface area contributed by atoms with Gasteiger partial charge in [-0.3, -0.25) is 0 Å². The smallest absolute Gasteiger partial charge is 0.123 e. The van der Waals surface area contributed by atoms with Crippen LogP contribution < -0.4 is 4.74 Å². The molecular weight excluding hydrogens is 412 g/mol. The summed E-state index contributed by atoms with van der Waals surface area (Å²) < 4.78 is 5.92. The van der Waals surface area contributed by atoms with Gasteiger partial charge < -0.3 is 4.74 Å². The maximum absolute atomic E-state index is 5.92. The van der Waals surface area contributed by atoms with Gasteiger partial charge in [0.1, 0.15) is 5.75 Å². The van der Waals surface area contributed by atoms with Gasteiger partial charge in [0, 0.05) is 17.4 Å². The van der Waals surface area contributed by atoms with Crippen molar-refractivity contribution in [2.45, 2.75) is 11.8 Å². The molecule has 0 aliphatic heterocycles. The molecule has 0 atom stereocenters. The summed E-state index contributed by atoms with van der Waals surface area (Å²) in [5.74, 6) is 1.12. The number of hydrogen-bond donors (Lipinski definition) is 0. The first-order valence-corrected chi connectivity index (χ1v) is 11.7. The van der Waals surface area contributed by atoms with E-state index in [0.29, 0.717) is 0 Å². The van der Waals surface area contributed by atoms with E-state index in [0.717, 1.165) is 5.75 Å². The predicted octanol–water partition coefficient (Wildman–Crippen LogP) is 8.06. The number of methoxy groups -OCH3 is 1. The van der Waals surface area contributed by atoms with E-state index < -0.39 is 0 Å². The molecule has 0 amide bonds. The molecule has 0 aromatic heterocycles. The van der Waals surface area contributed by atoms with Crippen LogP contribution in [0.1, 0.15) is 45.2 Å². The lowest BCUT2D eigenvalue weighted by molar-refractivity contribution is 0.409. The quantitative estimate of drug-likeness (QED) is 0.233. The Bertz CT molecular complexity index is 1230. The minimum Gasteiger partial charge on any atom is -0.496 e. The van der Waals surface area contributed by atoms with Crippen LogP contribution in [0.25, 0.3) is 0 Å². The molecule has 0 radical (unpaired) electrons. The summed E-state index contributed by atoms with van der Waals surface area (Å²) in [6.07, 6.45) is 0. The third-order valence-electron chi connectivity index (χ3n) is 6.43. The normalized spacial score (nSPS) is 11.0. The molecule has 5 rings (SSSR count). The second kappa shape index (κ2) is 10.2. The topological polar surface area (TPSA) is 9.23 Å². The lowest BCUT2D eigenvalue weighted by atomic mass is 9.80. The number of hydrogen-bond acceptors (Lipinski definition) is 1. The molecule has 5 aromatic carbocycles. The number of rotatable bonds is 7. The van der Waals surface area contributed by atoms with Crippen LogP contribution in [0, 0.1) is 0 Å². The first kappa shape index (κ1) is 21.7. The van der Waals surface area contributed by atoms with Gasteiger partial charge in [0.05, 0.1) is 7.11 Å². The summed E-state index contributed by atoms with van der Waals surface area (Å²) in [5, 5.41) is 0. The third-order valence-corrected chi connectivity index (χ3v) is 6.43. The van der Waals surface area contributed by atoms with Gasteiger partial charge in [0.25, 0.3) is 0 Å². The average Bonchev–Trinajstić information content (AvgIpc) is 2.92. The van der Waals surface area contributed by atoms with Crippen LogP contribution in [0.5, 0.6) is 5.75 Å². The van der Waals surface area contributed by atoms with Gasteiger partial charge in [-0.05, 0) is 33.9 Å². The highest BCUT2D eigenvalue weighted by molar-refractivity contribution is 5.53. The van der Waals surface area contributed by atoms with Crippen LogP contribution in [-0.4, -0.2) is 7.11 Å². The number of benzene rings is 5. The first-order valence-electron chi connectivity index (χ1n) is 11.7. The van der Waals surface area contributed by atoms with Crippen LogP contribution in [-0.2, 0) is 0 Å². The van der Waals surface area contributed by atoms with Crippen molar-refractivity contribution in [2.24, 2.45) is 0 Å². The lowest BCUT2D eigenvalue weighted by Crippen LogP contribution is -2.09. The summed E-state index contributed by atoms with van der Waals surface area (Å²) in [4.78, 5) is 0. The Balaban J connectivity index is 1.71. The fourth-order valence-corrected chi connectivity index (χ4v) is 4.87. The van der Waals surface area contributed by atoms with Gasteiger partial charge in [0.2, 0.25) is 0 Å². The molecular formula is C33H28O. The van der Waals surface area contributed by atoms with Crippen molar-refractivity contribution in [3.8, 4) is 5.75 Å². The minimum atomic E-state index is 0.0736. The first-order chi connectivity index (χ1) is 16.8. The second-order valence-electron chi connectivity index (χ2n) is 8.51. The molecule has 5 aromatic rings. The molecule has 0 heterocycles. The van der Waals surface area contributed by atoms with Gasteiger partial charge in [-0.1, -0.05) is 133 Å². The molecule has 1 nitrogen and oxygen atoms in total. The molecule has 0 saturated carbocycles. The molecule has 166 valence electrons. The molecule has 0 aliphatic carbocycles. The van der Waals surface area contributed by atoms with E-state index in [4.69, 9.17) is 4.74 Å². The van der Waals surface area contributed by atoms with Crippen LogP contribution >= 0.6 is 0 Å². The van der Waals surface area contributed by atoms with Gasteiger partial charge in [-0.25, -0.2) is 0 Å². The SMILES string of the molecule is COc1ccc(C(c2ccccc2)c2ccccc2)cc1C(c1ccccc1)c1ccccc1. The van der Waals surface area contributed by atoms with E-state index in [-0.39, 0.29) is 11.8 Å². The summed E-state index contributed by atoms with van der Waals surface area (Å²) in [6, 6.07) is 49.6. The Hall–Kier alpha value is -4.10. The van der Waals surface area contributed by atoms with E-state index in [1.54, 1.807) is 7.11 Å². The Kier molecular flexibility index (Phi) is 6.54. The molecule has 34 heavy (non-hydrogen) atoms. The minimum absolute atomic E-state index is 0.0736. The lowest BCUT2D eigenvalue weighted by Gasteiger charge is -2.25. The fraction of sp³-hybridized carbons (Fsp3) is 0.0909. The zero-order chi connectivity index (χ0) is 23.2. The predicted molar refractivity (Wildman–Crippen MR) is 141 cm³/mol. The molecule has 0 aliphatic rings. The second-order valence-corrected chi connectivity index (χ2v) is 8.51. The van der Waals surface area contributed by atoms with E-state index in [1.807, 2.05) is 0 Å². The highest BCUT2D eigenvalue weighted by atomic mass is 16.5. The Morgan fingerprint density at radius 1 is 0.412 bits per heavy atom. The molecule has 0 saturated heterocycles. The van der Waals surface area contributed by atoms with Crippen molar-refractivity contribution in [1.82, 2.24) is 0 Å². The van der Waals surface area contributed by atoms with Crippen LogP contribution in [0.15, 0.2) is 140 Å². The summed E-state index contributed by atoms with van der Waals surface area (Å²) in [6.45, 7) is 0. The highest BCUT2D eigenvalue weighted by Crippen LogP contribution is 2.41. The van der Waals surface area contributed by atoms with E-state index in [9.17, 15) is 0 Å². The summed E-state index contributed by atoms with van der Waals surface area (Å²) in [7, 11) is 1.76. The van der Waals surface area contributed by atoms with E-state index in [1.165, 1.54) is 33.4 Å². The zero-order valence-corrected chi connectivity index (χ0v) is 19.3. The van der Waals surface area contributed by atoms with Gasteiger partial charge in [-0.15, -0.1) is 0 Å². The number of ether oxygens (including phenoxy) is 1. The van der Waals surface area contributed by atoms with Crippen LogP contribution in [0.4, 0.5) is 0 Å². The largest absolute Gasteiger partial charge is 0.496 e. The Morgan fingerprint density at radius 2 is 0.794 bits per heavy atom. The van der Waals surface area contributed by atoms with Gasteiger partial charge in [-0.2, -0.15) is 0 Å². The molecule has 0 fully saturated rings. The van der Waals surface area contributed by atoms with Crippen molar-refractivity contribution < 1.29 is 4.74 Å². The average molecular weight is 441 g/mol. The zero-order valence-electron chi connectivity index (χ0n) is 19.3. The molecule has 0 bridgehead atoms. The van der Waals surface area contributed by atoms with Crippen LogP contribution in [0.3, 0.4) is 0 Å². The molecule has 0 N–H and O–H groups in total.